The van der Waals surface area contributed by atoms with Gasteiger partial charge in [0.15, 0.2) is 0 Å². The second kappa shape index (κ2) is 8.64. The summed E-state index contributed by atoms with van der Waals surface area (Å²) in [5.74, 6) is -2.13. The molecule has 0 atom stereocenters. The summed E-state index contributed by atoms with van der Waals surface area (Å²) >= 11 is 0. The van der Waals surface area contributed by atoms with E-state index in [1.165, 1.54) is 24.3 Å². The molecule has 3 amide bonds. The fourth-order valence-corrected chi connectivity index (χ4v) is 2.75. The van der Waals surface area contributed by atoms with E-state index in [9.17, 15) is 14.4 Å². The summed E-state index contributed by atoms with van der Waals surface area (Å²) < 4.78 is 0. The highest BCUT2D eigenvalue weighted by atomic mass is 16.2. The highest BCUT2D eigenvalue weighted by Gasteiger charge is 2.21. The predicted octanol–water partition coefficient (Wildman–Crippen LogP) is 2.63. The standard InChI is InChI=1S/C22H19N3O3/c23-20(26)17-11-13-18(14-12-17)24-21(27)22(28)25-19(15-7-3-1-4-8-15)16-9-5-2-6-10-16/h1-14,19H,(H2,23,26)(H,24,27)(H,25,28). The zero-order chi connectivity index (χ0) is 19.9. The minimum Gasteiger partial charge on any atom is -0.366 e. The first-order valence-electron chi connectivity index (χ1n) is 8.66. The summed E-state index contributed by atoms with van der Waals surface area (Å²) in [5.41, 5.74) is 7.62. The summed E-state index contributed by atoms with van der Waals surface area (Å²) in [4.78, 5) is 35.9. The maximum Gasteiger partial charge on any atom is 0.313 e. The third-order valence-electron chi connectivity index (χ3n) is 4.17. The normalized spacial score (nSPS) is 10.3. The van der Waals surface area contributed by atoms with E-state index in [4.69, 9.17) is 5.73 Å². The summed E-state index contributed by atoms with van der Waals surface area (Å²) in [7, 11) is 0. The van der Waals surface area contributed by atoms with Crippen LogP contribution in [0.5, 0.6) is 0 Å². The van der Waals surface area contributed by atoms with Gasteiger partial charge in [-0.2, -0.15) is 0 Å². The lowest BCUT2D eigenvalue weighted by atomic mass is 9.99. The number of hydrogen-bond acceptors (Lipinski definition) is 3. The van der Waals surface area contributed by atoms with Crippen LogP contribution in [0.15, 0.2) is 84.9 Å². The minimum absolute atomic E-state index is 0.315. The quantitative estimate of drug-likeness (QED) is 0.599. The van der Waals surface area contributed by atoms with Crippen molar-refractivity contribution in [1.82, 2.24) is 5.32 Å². The molecule has 0 saturated heterocycles. The molecule has 0 heterocycles. The molecule has 3 rings (SSSR count). The second-order valence-electron chi connectivity index (χ2n) is 6.12. The number of anilines is 1. The average Bonchev–Trinajstić information content (AvgIpc) is 2.73. The first-order valence-corrected chi connectivity index (χ1v) is 8.66. The van der Waals surface area contributed by atoms with Crippen molar-refractivity contribution in [2.75, 3.05) is 5.32 Å². The molecule has 0 aliphatic rings. The van der Waals surface area contributed by atoms with Crippen molar-refractivity contribution in [1.29, 1.82) is 0 Å². The number of benzene rings is 3. The van der Waals surface area contributed by atoms with Gasteiger partial charge in [0, 0.05) is 11.3 Å². The molecule has 140 valence electrons. The number of nitrogens with two attached hydrogens (primary N) is 1. The Bertz CT molecular complexity index is 931. The van der Waals surface area contributed by atoms with Crippen molar-refractivity contribution >= 4 is 23.4 Å². The molecule has 6 nitrogen and oxygen atoms in total. The van der Waals surface area contributed by atoms with Crippen LogP contribution in [0.1, 0.15) is 27.5 Å². The molecule has 0 fully saturated rings. The largest absolute Gasteiger partial charge is 0.366 e. The molecule has 3 aromatic rings. The third kappa shape index (κ3) is 4.62. The van der Waals surface area contributed by atoms with Crippen molar-refractivity contribution in [2.24, 2.45) is 5.73 Å². The number of carbonyl (C=O) groups is 3. The van der Waals surface area contributed by atoms with Crippen LogP contribution < -0.4 is 16.4 Å². The topological polar surface area (TPSA) is 101 Å². The Morgan fingerprint density at radius 2 is 1.18 bits per heavy atom. The molecular weight excluding hydrogens is 354 g/mol. The van der Waals surface area contributed by atoms with E-state index in [0.717, 1.165) is 11.1 Å². The highest BCUT2D eigenvalue weighted by Crippen LogP contribution is 2.21. The summed E-state index contributed by atoms with van der Waals surface area (Å²) in [6, 6.07) is 24.3. The van der Waals surface area contributed by atoms with Crippen LogP contribution in [0.2, 0.25) is 0 Å². The molecular formula is C22H19N3O3. The van der Waals surface area contributed by atoms with E-state index in [2.05, 4.69) is 10.6 Å². The molecule has 0 aliphatic heterocycles. The third-order valence-corrected chi connectivity index (χ3v) is 4.17. The summed E-state index contributed by atoms with van der Waals surface area (Å²) in [5, 5.41) is 5.29. The molecule has 0 unspecified atom stereocenters. The van der Waals surface area contributed by atoms with E-state index >= 15 is 0 Å². The maximum atomic E-state index is 12.5. The fraction of sp³-hybridized carbons (Fsp3) is 0.0455. The molecule has 4 N–H and O–H groups in total. The van der Waals surface area contributed by atoms with Gasteiger partial charge in [0.25, 0.3) is 0 Å². The molecule has 28 heavy (non-hydrogen) atoms. The van der Waals surface area contributed by atoms with Crippen molar-refractivity contribution in [3.63, 3.8) is 0 Å². The number of hydrogen-bond donors (Lipinski definition) is 3. The van der Waals surface area contributed by atoms with Gasteiger partial charge in [-0.1, -0.05) is 60.7 Å². The van der Waals surface area contributed by atoms with Crippen LogP contribution in [0.3, 0.4) is 0 Å². The maximum absolute atomic E-state index is 12.5. The van der Waals surface area contributed by atoms with E-state index in [1.807, 2.05) is 60.7 Å². The molecule has 3 aromatic carbocycles. The average molecular weight is 373 g/mol. The molecule has 0 aromatic heterocycles. The van der Waals surface area contributed by atoms with Gasteiger partial charge in [0.1, 0.15) is 0 Å². The molecule has 0 radical (unpaired) electrons. The van der Waals surface area contributed by atoms with E-state index in [0.29, 0.717) is 11.3 Å². The van der Waals surface area contributed by atoms with Crippen LogP contribution in [0.25, 0.3) is 0 Å². The van der Waals surface area contributed by atoms with E-state index < -0.39 is 23.8 Å². The fourth-order valence-electron chi connectivity index (χ4n) is 2.75. The van der Waals surface area contributed by atoms with Gasteiger partial charge in [-0.15, -0.1) is 0 Å². The molecule has 0 saturated carbocycles. The van der Waals surface area contributed by atoms with Gasteiger partial charge in [-0.3, -0.25) is 14.4 Å². The van der Waals surface area contributed by atoms with Gasteiger partial charge in [0.05, 0.1) is 6.04 Å². The molecule has 6 heteroatoms. The first kappa shape index (κ1) is 18.8. The first-order chi connectivity index (χ1) is 13.5. The van der Waals surface area contributed by atoms with Gasteiger partial charge in [-0.05, 0) is 35.4 Å². The Hall–Kier alpha value is -3.93. The van der Waals surface area contributed by atoms with Crippen molar-refractivity contribution in [3.05, 3.63) is 102 Å². The molecule has 0 spiro atoms. The highest BCUT2D eigenvalue weighted by molar-refractivity contribution is 6.39. The van der Waals surface area contributed by atoms with Gasteiger partial charge in [-0.25, -0.2) is 0 Å². The lowest BCUT2D eigenvalue weighted by molar-refractivity contribution is -0.136. The smallest absolute Gasteiger partial charge is 0.313 e. The van der Waals surface area contributed by atoms with E-state index in [-0.39, 0.29) is 0 Å². The monoisotopic (exact) mass is 373 g/mol. The van der Waals surface area contributed by atoms with Gasteiger partial charge >= 0.3 is 11.8 Å². The Balaban J connectivity index is 1.74. The number of rotatable bonds is 5. The number of primary amides is 1. The Morgan fingerprint density at radius 3 is 1.64 bits per heavy atom. The van der Waals surface area contributed by atoms with Gasteiger partial charge in [0.2, 0.25) is 5.91 Å². The Kier molecular flexibility index (Phi) is 5.81. The zero-order valence-electron chi connectivity index (χ0n) is 15.0. The van der Waals surface area contributed by atoms with E-state index in [1.54, 1.807) is 0 Å². The molecule has 0 bridgehead atoms. The Morgan fingerprint density at radius 1 is 0.679 bits per heavy atom. The van der Waals surface area contributed by atoms with Crippen molar-refractivity contribution in [2.45, 2.75) is 6.04 Å². The second-order valence-corrected chi connectivity index (χ2v) is 6.12. The van der Waals surface area contributed by atoms with Crippen LogP contribution in [-0.4, -0.2) is 17.7 Å². The number of nitrogens with one attached hydrogen (secondary N) is 2. The van der Waals surface area contributed by atoms with Gasteiger partial charge < -0.3 is 16.4 Å². The minimum atomic E-state index is -0.802. The zero-order valence-corrected chi connectivity index (χ0v) is 15.0. The van der Waals surface area contributed by atoms with Crippen LogP contribution in [0, 0.1) is 0 Å². The summed E-state index contributed by atoms with van der Waals surface area (Å²) in [6.07, 6.45) is 0. The number of carbonyl (C=O) groups excluding carboxylic acids is 3. The summed E-state index contributed by atoms with van der Waals surface area (Å²) in [6.45, 7) is 0. The van der Waals surface area contributed by atoms with Crippen LogP contribution >= 0.6 is 0 Å². The number of amides is 3. The lowest BCUT2D eigenvalue weighted by Gasteiger charge is -2.19. The Labute approximate surface area is 162 Å². The van der Waals surface area contributed by atoms with Crippen LogP contribution in [-0.2, 0) is 9.59 Å². The SMILES string of the molecule is NC(=O)c1ccc(NC(=O)C(=O)NC(c2ccccc2)c2ccccc2)cc1. The lowest BCUT2D eigenvalue weighted by Crippen LogP contribution is -2.38. The van der Waals surface area contributed by atoms with Crippen molar-refractivity contribution < 1.29 is 14.4 Å². The van der Waals surface area contributed by atoms with Crippen molar-refractivity contribution in [3.8, 4) is 0 Å². The van der Waals surface area contributed by atoms with Crippen LogP contribution in [0.4, 0.5) is 5.69 Å². The molecule has 0 aliphatic carbocycles. The predicted molar refractivity (Wildman–Crippen MR) is 106 cm³/mol.